The molecule has 1 heterocycles. The van der Waals surface area contributed by atoms with Crippen molar-refractivity contribution in [3.8, 4) is 22.6 Å². The van der Waals surface area contributed by atoms with Crippen molar-refractivity contribution in [1.29, 1.82) is 0 Å². The average molecular weight is 421 g/mol. The van der Waals surface area contributed by atoms with Crippen LogP contribution in [0.25, 0.3) is 11.1 Å². The Morgan fingerprint density at radius 2 is 1.21 bits per heavy atom. The van der Waals surface area contributed by atoms with E-state index >= 15 is 0 Å². The second kappa shape index (κ2) is 7.80. The van der Waals surface area contributed by atoms with E-state index in [1.165, 1.54) is 0 Å². The number of anilines is 3. The number of hydrogen-bond donors (Lipinski definition) is 1. The molecule has 0 saturated heterocycles. The highest BCUT2D eigenvalue weighted by Gasteiger charge is 2.26. The normalized spacial score (nSPS) is 11.7. The van der Waals surface area contributed by atoms with Gasteiger partial charge in [0.1, 0.15) is 0 Å². The quantitative estimate of drug-likeness (QED) is 0.311. The summed E-state index contributed by atoms with van der Waals surface area (Å²) in [5.74, 6) is 1.60. The van der Waals surface area contributed by atoms with E-state index in [9.17, 15) is 0 Å². The van der Waals surface area contributed by atoms with Crippen LogP contribution in [0.3, 0.4) is 0 Å². The molecule has 0 aromatic heterocycles. The number of benzene rings is 4. The second-order valence-corrected chi connectivity index (χ2v) is 7.31. The van der Waals surface area contributed by atoms with Gasteiger partial charge < -0.3 is 15.8 Å². The van der Waals surface area contributed by atoms with E-state index in [2.05, 4.69) is 11.0 Å². The van der Waals surface area contributed by atoms with Crippen molar-refractivity contribution in [2.75, 3.05) is 4.90 Å². The van der Waals surface area contributed by atoms with E-state index in [4.69, 9.17) is 27.9 Å². The second-order valence-electron chi connectivity index (χ2n) is 6.53. The van der Waals surface area contributed by atoms with Crippen molar-refractivity contribution in [3.05, 3.63) is 101 Å². The molecule has 4 aromatic carbocycles. The molecule has 0 spiro atoms. The predicted octanol–water partition coefficient (Wildman–Crippen LogP) is 8.40. The molecule has 0 bridgehead atoms. The van der Waals surface area contributed by atoms with Gasteiger partial charge in [0, 0.05) is 11.3 Å². The maximum absolute atomic E-state index is 6.56. The average Bonchev–Trinajstić information content (AvgIpc) is 2.74. The van der Waals surface area contributed by atoms with Crippen molar-refractivity contribution >= 4 is 40.3 Å². The van der Waals surface area contributed by atoms with Gasteiger partial charge in [-0.25, -0.2) is 0 Å². The van der Waals surface area contributed by atoms with Crippen LogP contribution in [0.4, 0.5) is 17.1 Å². The Morgan fingerprint density at radius 3 is 1.83 bits per heavy atom. The third kappa shape index (κ3) is 3.34. The summed E-state index contributed by atoms with van der Waals surface area (Å²) in [5, 5.41) is 1.06. The van der Waals surface area contributed by atoms with Gasteiger partial charge in [0.25, 0.3) is 0 Å². The van der Waals surface area contributed by atoms with Crippen molar-refractivity contribution in [3.63, 3.8) is 0 Å². The summed E-state index contributed by atoms with van der Waals surface area (Å²) in [6.45, 7) is 0. The van der Waals surface area contributed by atoms with Crippen molar-refractivity contribution in [2.45, 2.75) is 0 Å². The topological polar surface area (TPSA) is 47.5 Å². The Labute approximate surface area is 179 Å². The largest absolute Gasteiger partial charge is 0.453 e. The lowest BCUT2D eigenvalue weighted by atomic mass is 10.0. The molecular weight excluding hydrogens is 403 g/mol. The molecule has 1 aliphatic rings. The van der Waals surface area contributed by atoms with Crippen LogP contribution >= 0.6 is 23.2 Å². The lowest BCUT2D eigenvalue weighted by molar-refractivity contribution is 0.477. The SMILES string of the molecule is Clc1cc(N2c3ccccc3Oc3ccccc32)cc(-c2ccccc2)c1Cl.N. The monoisotopic (exact) mass is 420 g/mol. The third-order valence-electron chi connectivity index (χ3n) is 4.79. The Bertz CT molecular complexity index is 1130. The van der Waals surface area contributed by atoms with Gasteiger partial charge in [0.15, 0.2) is 11.5 Å². The molecule has 5 rings (SSSR count). The first kappa shape index (κ1) is 19.3. The molecule has 0 radical (unpaired) electrons. The highest BCUT2D eigenvalue weighted by atomic mass is 35.5. The number of para-hydroxylation sites is 4. The minimum atomic E-state index is 0. The molecular formula is C24H18Cl2N2O. The van der Waals surface area contributed by atoms with Crippen molar-refractivity contribution in [2.24, 2.45) is 0 Å². The van der Waals surface area contributed by atoms with Crippen LogP contribution in [0.5, 0.6) is 11.5 Å². The van der Waals surface area contributed by atoms with Crippen molar-refractivity contribution < 1.29 is 4.74 Å². The predicted molar refractivity (Wildman–Crippen MR) is 122 cm³/mol. The molecule has 0 atom stereocenters. The van der Waals surface area contributed by atoms with E-state index in [-0.39, 0.29) is 6.15 Å². The number of hydrogen-bond acceptors (Lipinski definition) is 3. The van der Waals surface area contributed by atoms with Gasteiger partial charge in [-0.15, -0.1) is 0 Å². The first-order chi connectivity index (χ1) is 13.7. The zero-order valence-electron chi connectivity index (χ0n) is 15.5. The van der Waals surface area contributed by atoms with Crippen LogP contribution in [0.1, 0.15) is 0 Å². The van der Waals surface area contributed by atoms with Crippen LogP contribution in [0.2, 0.25) is 10.0 Å². The van der Waals surface area contributed by atoms with Crippen LogP contribution in [0.15, 0.2) is 91.0 Å². The summed E-state index contributed by atoms with van der Waals surface area (Å²) in [5.41, 5.74) is 4.76. The molecule has 3 nitrogen and oxygen atoms in total. The van der Waals surface area contributed by atoms with Gasteiger partial charge in [-0.1, -0.05) is 77.8 Å². The lowest BCUT2D eigenvalue weighted by Gasteiger charge is -2.33. The summed E-state index contributed by atoms with van der Waals surface area (Å²) < 4.78 is 6.10. The smallest absolute Gasteiger partial charge is 0.151 e. The zero-order chi connectivity index (χ0) is 19.1. The van der Waals surface area contributed by atoms with Gasteiger partial charge in [0.2, 0.25) is 0 Å². The molecule has 1 aliphatic heterocycles. The molecule has 5 heteroatoms. The molecule has 0 amide bonds. The van der Waals surface area contributed by atoms with Gasteiger partial charge in [-0.2, -0.15) is 0 Å². The summed E-state index contributed by atoms with van der Waals surface area (Å²) in [7, 11) is 0. The van der Waals surface area contributed by atoms with E-state index in [1.807, 2.05) is 84.9 Å². The molecule has 3 N–H and O–H groups in total. The van der Waals surface area contributed by atoms with Crippen molar-refractivity contribution in [1.82, 2.24) is 6.15 Å². The molecule has 29 heavy (non-hydrogen) atoms. The highest BCUT2D eigenvalue weighted by molar-refractivity contribution is 6.44. The fourth-order valence-electron chi connectivity index (χ4n) is 3.51. The maximum Gasteiger partial charge on any atom is 0.151 e. The highest BCUT2D eigenvalue weighted by Crippen LogP contribution is 2.51. The molecule has 0 fully saturated rings. The number of nitrogens with zero attached hydrogens (tertiary/aromatic N) is 1. The summed E-state index contributed by atoms with van der Waals surface area (Å²) in [6.07, 6.45) is 0. The fourth-order valence-corrected chi connectivity index (χ4v) is 3.95. The molecule has 144 valence electrons. The Balaban J connectivity index is 0.00000205. The Kier molecular flexibility index (Phi) is 5.20. The fraction of sp³-hybridized carbons (Fsp3) is 0. The maximum atomic E-state index is 6.56. The lowest BCUT2D eigenvalue weighted by Crippen LogP contribution is -2.15. The van der Waals surface area contributed by atoms with Gasteiger partial charge in [-0.3, -0.25) is 0 Å². The number of ether oxygens (including phenoxy) is 1. The molecule has 0 aliphatic carbocycles. The molecule has 0 saturated carbocycles. The van der Waals surface area contributed by atoms with Gasteiger partial charge in [0.05, 0.1) is 21.4 Å². The van der Waals surface area contributed by atoms with Gasteiger partial charge >= 0.3 is 0 Å². The molecule has 0 unspecified atom stereocenters. The number of fused-ring (bicyclic) bond motifs is 2. The summed E-state index contributed by atoms with van der Waals surface area (Å²) in [4.78, 5) is 2.16. The first-order valence-electron chi connectivity index (χ1n) is 8.93. The van der Waals surface area contributed by atoms with Gasteiger partial charge in [-0.05, 0) is 42.0 Å². The minimum Gasteiger partial charge on any atom is -0.453 e. The summed E-state index contributed by atoms with van der Waals surface area (Å²) in [6, 6.07) is 29.9. The first-order valence-corrected chi connectivity index (χ1v) is 9.68. The standard InChI is InChI=1S/C24H15Cl2NO.H3N/c25-19-15-17(14-18(24(19)26)16-8-2-1-3-9-16)27-20-10-4-6-12-22(20)28-23-13-7-5-11-21(23)27;/h1-15H;1H3. The zero-order valence-corrected chi connectivity index (χ0v) is 17.0. The number of halogens is 2. The Hall–Kier alpha value is -2.98. The van der Waals surface area contributed by atoms with E-state index in [0.29, 0.717) is 10.0 Å². The minimum absolute atomic E-state index is 0. The van der Waals surface area contributed by atoms with Crippen LogP contribution < -0.4 is 15.8 Å². The number of rotatable bonds is 2. The Morgan fingerprint density at radius 1 is 0.655 bits per heavy atom. The van der Waals surface area contributed by atoms with E-state index in [0.717, 1.165) is 39.7 Å². The third-order valence-corrected chi connectivity index (χ3v) is 5.59. The van der Waals surface area contributed by atoms with E-state index < -0.39 is 0 Å². The molecule has 4 aromatic rings. The summed E-state index contributed by atoms with van der Waals surface area (Å²) >= 11 is 13.1. The van der Waals surface area contributed by atoms with E-state index in [1.54, 1.807) is 0 Å². The van der Waals surface area contributed by atoms with Crippen LogP contribution in [0, 0.1) is 0 Å². The van der Waals surface area contributed by atoms with Crippen LogP contribution in [-0.2, 0) is 0 Å². The van der Waals surface area contributed by atoms with Crippen LogP contribution in [-0.4, -0.2) is 0 Å².